The molecule has 0 fully saturated rings. The number of ether oxygens (including phenoxy) is 1. The van der Waals surface area contributed by atoms with Crippen molar-refractivity contribution in [1.82, 2.24) is 0 Å². The first-order chi connectivity index (χ1) is 7.26. The molecule has 0 N–H and O–H groups in total. The smallest absolute Gasteiger partial charge is 0.173 e. The Bertz CT molecular complexity index is 267. The van der Waals surface area contributed by atoms with Crippen molar-refractivity contribution in [3.63, 3.8) is 0 Å². The van der Waals surface area contributed by atoms with E-state index in [4.69, 9.17) is 4.74 Å². The molecule has 1 unspecified atom stereocenters. The largest absolute Gasteiger partial charge is 0.484 e. The summed E-state index contributed by atoms with van der Waals surface area (Å²) < 4.78 is 5.80. The van der Waals surface area contributed by atoms with E-state index in [9.17, 15) is 0 Å². The molecule has 86 valence electrons. The number of thiophene rings is 1. The van der Waals surface area contributed by atoms with Crippen molar-refractivity contribution in [1.29, 1.82) is 0 Å². The molecule has 0 saturated heterocycles. The fourth-order valence-electron chi connectivity index (χ4n) is 1.59. The van der Waals surface area contributed by atoms with Crippen molar-refractivity contribution >= 4 is 11.3 Å². The van der Waals surface area contributed by atoms with Crippen molar-refractivity contribution in [3.8, 4) is 5.06 Å². The maximum atomic E-state index is 5.80. The van der Waals surface area contributed by atoms with Gasteiger partial charge in [0.25, 0.3) is 0 Å². The van der Waals surface area contributed by atoms with Gasteiger partial charge in [0.1, 0.15) is 0 Å². The third-order valence-corrected chi connectivity index (χ3v) is 3.63. The van der Waals surface area contributed by atoms with E-state index in [1.54, 1.807) is 11.3 Å². The van der Waals surface area contributed by atoms with Crippen molar-refractivity contribution < 1.29 is 4.74 Å². The second-order valence-electron chi connectivity index (χ2n) is 4.09. The molecule has 0 aliphatic heterocycles. The van der Waals surface area contributed by atoms with Crippen LogP contribution < -0.4 is 4.74 Å². The van der Waals surface area contributed by atoms with Crippen LogP contribution in [0.5, 0.6) is 5.06 Å². The zero-order valence-corrected chi connectivity index (χ0v) is 10.9. The molecular weight excluding hydrogens is 204 g/mol. The van der Waals surface area contributed by atoms with Crippen LogP contribution in [-0.2, 0) is 0 Å². The Morgan fingerprint density at radius 1 is 1.33 bits per heavy atom. The van der Waals surface area contributed by atoms with Gasteiger partial charge in [0.05, 0.1) is 6.61 Å². The Morgan fingerprint density at radius 3 is 2.67 bits per heavy atom. The first-order valence-electron chi connectivity index (χ1n) is 5.95. The summed E-state index contributed by atoms with van der Waals surface area (Å²) in [4.78, 5) is 1.33. The first-order valence-corrected chi connectivity index (χ1v) is 6.77. The average Bonchev–Trinajstić information content (AvgIpc) is 2.65. The lowest BCUT2D eigenvalue weighted by atomic mass is 10.0. The van der Waals surface area contributed by atoms with Crippen LogP contribution in [0.4, 0.5) is 0 Å². The van der Waals surface area contributed by atoms with Crippen LogP contribution in [0.3, 0.4) is 0 Å². The summed E-state index contributed by atoms with van der Waals surface area (Å²) in [6, 6.07) is 4.19. The Kier molecular flexibility index (Phi) is 5.77. The molecule has 0 amide bonds. The summed E-state index contributed by atoms with van der Waals surface area (Å²) in [5, 5.41) is 1.07. The van der Waals surface area contributed by atoms with Gasteiger partial charge in [-0.1, -0.05) is 33.1 Å². The van der Waals surface area contributed by atoms with Gasteiger partial charge in [-0.15, -0.1) is 11.3 Å². The first kappa shape index (κ1) is 12.6. The summed E-state index contributed by atoms with van der Waals surface area (Å²) in [5.41, 5.74) is 0. The zero-order chi connectivity index (χ0) is 11.1. The Labute approximate surface area is 97.5 Å². The van der Waals surface area contributed by atoms with Crippen LogP contribution >= 0.6 is 11.3 Å². The number of unbranched alkanes of at least 4 members (excludes halogenated alkanes) is 1. The SMILES string of the molecule is CCCCC(CC)COc1ccc(C)s1. The maximum absolute atomic E-state index is 5.80. The third kappa shape index (κ3) is 4.70. The number of hydrogen-bond donors (Lipinski definition) is 0. The second-order valence-corrected chi connectivity index (χ2v) is 5.34. The van der Waals surface area contributed by atoms with Crippen molar-refractivity contribution in [2.75, 3.05) is 6.61 Å². The highest BCUT2D eigenvalue weighted by atomic mass is 32.1. The van der Waals surface area contributed by atoms with Gasteiger partial charge in [-0.05, 0) is 31.4 Å². The normalized spacial score (nSPS) is 12.7. The summed E-state index contributed by atoms with van der Waals surface area (Å²) in [6.45, 7) is 7.50. The molecule has 1 aromatic heterocycles. The molecule has 1 nitrogen and oxygen atoms in total. The lowest BCUT2D eigenvalue weighted by molar-refractivity contribution is 0.239. The van der Waals surface area contributed by atoms with E-state index in [0.29, 0.717) is 0 Å². The molecule has 1 heterocycles. The van der Waals surface area contributed by atoms with Gasteiger partial charge >= 0.3 is 0 Å². The minimum Gasteiger partial charge on any atom is -0.484 e. The molecule has 0 aliphatic carbocycles. The van der Waals surface area contributed by atoms with Gasteiger partial charge < -0.3 is 4.74 Å². The molecule has 0 aromatic carbocycles. The Balaban J connectivity index is 2.27. The van der Waals surface area contributed by atoms with E-state index in [0.717, 1.165) is 17.6 Å². The fourth-order valence-corrected chi connectivity index (χ4v) is 2.30. The molecular formula is C13H22OS. The topological polar surface area (TPSA) is 9.23 Å². The van der Waals surface area contributed by atoms with Gasteiger partial charge in [-0.25, -0.2) is 0 Å². The molecule has 0 saturated carbocycles. The minimum absolute atomic E-state index is 0.729. The molecule has 0 radical (unpaired) electrons. The molecule has 1 aromatic rings. The lowest BCUT2D eigenvalue weighted by Crippen LogP contribution is -2.10. The summed E-state index contributed by atoms with van der Waals surface area (Å²) >= 11 is 1.74. The van der Waals surface area contributed by atoms with Crippen LogP contribution in [0.2, 0.25) is 0 Å². The summed E-state index contributed by atoms with van der Waals surface area (Å²) in [7, 11) is 0. The van der Waals surface area contributed by atoms with Crippen molar-refractivity contribution in [2.24, 2.45) is 5.92 Å². The molecule has 0 bridgehead atoms. The van der Waals surface area contributed by atoms with Crippen LogP contribution in [0.1, 0.15) is 44.4 Å². The predicted molar refractivity (Wildman–Crippen MR) is 67.9 cm³/mol. The molecule has 0 aliphatic rings. The van der Waals surface area contributed by atoms with Gasteiger partial charge in [-0.2, -0.15) is 0 Å². The molecule has 1 rings (SSSR count). The highest BCUT2D eigenvalue weighted by molar-refractivity contribution is 7.13. The zero-order valence-electron chi connectivity index (χ0n) is 10.1. The van der Waals surface area contributed by atoms with Crippen LogP contribution in [0, 0.1) is 12.8 Å². The molecule has 2 heteroatoms. The quantitative estimate of drug-likeness (QED) is 0.657. The lowest BCUT2D eigenvalue weighted by Gasteiger charge is -2.14. The number of hydrogen-bond acceptors (Lipinski definition) is 2. The van der Waals surface area contributed by atoms with E-state index in [2.05, 4.69) is 32.9 Å². The number of aryl methyl sites for hydroxylation is 1. The van der Waals surface area contributed by atoms with Crippen LogP contribution in [-0.4, -0.2) is 6.61 Å². The van der Waals surface area contributed by atoms with E-state index in [1.807, 2.05) is 0 Å². The van der Waals surface area contributed by atoms with E-state index in [-0.39, 0.29) is 0 Å². The Hall–Kier alpha value is -0.500. The van der Waals surface area contributed by atoms with E-state index < -0.39 is 0 Å². The van der Waals surface area contributed by atoms with Crippen molar-refractivity contribution in [3.05, 3.63) is 17.0 Å². The highest BCUT2D eigenvalue weighted by Gasteiger charge is 2.07. The predicted octanol–water partition coefficient (Wildman–Crippen LogP) is 4.65. The molecule has 0 spiro atoms. The monoisotopic (exact) mass is 226 g/mol. The number of rotatable bonds is 7. The molecule has 1 atom stereocenters. The fraction of sp³-hybridized carbons (Fsp3) is 0.692. The van der Waals surface area contributed by atoms with Gasteiger partial charge in [0.2, 0.25) is 0 Å². The van der Waals surface area contributed by atoms with Crippen LogP contribution in [0.15, 0.2) is 12.1 Å². The van der Waals surface area contributed by atoms with Gasteiger partial charge in [0, 0.05) is 4.88 Å². The van der Waals surface area contributed by atoms with Gasteiger partial charge in [-0.3, -0.25) is 0 Å². The maximum Gasteiger partial charge on any atom is 0.173 e. The van der Waals surface area contributed by atoms with Gasteiger partial charge in [0.15, 0.2) is 5.06 Å². The second kappa shape index (κ2) is 6.89. The minimum atomic E-state index is 0.729. The molecule has 15 heavy (non-hydrogen) atoms. The average molecular weight is 226 g/mol. The third-order valence-electron chi connectivity index (χ3n) is 2.72. The van der Waals surface area contributed by atoms with Crippen LogP contribution in [0.25, 0.3) is 0 Å². The highest BCUT2D eigenvalue weighted by Crippen LogP contribution is 2.24. The summed E-state index contributed by atoms with van der Waals surface area (Å²) in [5.74, 6) is 0.729. The summed E-state index contributed by atoms with van der Waals surface area (Å²) in [6.07, 6.45) is 5.14. The van der Waals surface area contributed by atoms with Crippen molar-refractivity contribution in [2.45, 2.75) is 46.5 Å². The standard InChI is InChI=1S/C13H22OS/c1-4-6-7-12(5-2)10-14-13-9-8-11(3)15-13/h8-9,12H,4-7,10H2,1-3H3. The Morgan fingerprint density at radius 2 is 2.13 bits per heavy atom. The van der Waals surface area contributed by atoms with E-state index in [1.165, 1.54) is 30.6 Å². The van der Waals surface area contributed by atoms with E-state index >= 15 is 0 Å².